The van der Waals surface area contributed by atoms with Crippen LogP contribution in [-0.4, -0.2) is 56.1 Å². The highest BCUT2D eigenvalue weighted by Gasteiger charge is 2.53. The Balaban J connectivity index is 1.72. The van der Waals surface area contributed by atoms with E-state index in [2.05, 4.69) is 4.90 Å². The summed E-state index contributed by atoms with van der Waals surface area (Å²) in [5.74, 6) is 0. The maximum Gasteiger partial charge on any atom is 0.410 e. The van der Waals surface area contributed by atoms with Crippen LogP contribution < -0.4 is 0 Å². The highest BCUT2D eigenvalue weighted by atomic mass is 32.2. The van der Waals surface area contributed by atoms with Crippen molar-refractivity contribution in [2.24, 2.45) is 0 Å². The quantitative estimate of drug-likeness (QED) is 0.692. The van der Waals surface area contributed by atoms with Gasteiger partial charge in [-0.1, -0.05) is 42.5 Å². The van der Waals surface area contributed by atoms with Crippen molar-refractivity contribution < 1.29 is 17.9 Å². The van der Waals surface area contributed by atoms with Gasteiger partial charge in [-0.15, -0.1) is 0 Å². The molecule has 172 valence electrons. The Bertz CT molecular complexity index is 1070. The van der Waals surface area contributed by atoms with E-state index < -0.39 is 20.3 Å². The molecule has 0 saturated carbocycles. The summed E-state index contributed by atoms with van der Waals surface area (Å²) in [6, 6.07) is 16.7. The number of piperazine rings is 1. The third-order valence-electron chi connectivity index (χ3n) is 6.34. The Morgan fingerprint density at radius 3 is 2.22 bits per heavy atom. The van der Waals surface area contributed by atoms with Gasteiger partial charge in [-0.25, -0.2) is 13.2 Å². The van der Waals surface area contributed by atoms with Crippen molar-refractivity contribution in [3.05, 3.63) is 65.7 Å². The largest absolute Gasteiger partial charge is 0.444 e. The number of fused-ring (bicyclic) bond motifs is 1. The first-order valence-corrected chi connectivity index (χ1v) is 12.7. The van der Waals surface area contributed by atoms with Crippen molar-refractivity contribution in [1.29, 1.82) is 0 Å². The first-order valence-electron chi connectivity index (χ1n) is 11.3. The molecule has 0 radical (unpaired) electrons. The average Bonchev–Trinajstić information content (AvgIpc) is 2.78. The van der Waals surface area contributed by atoms with Crippen LogP contribution in [0.5, 0.6) is 0 Å². The smallest absolute Gasteiger partial charge is 0.410 e. The molecule has 0 aromatic heterocycles. The molecule has 1 aliphatic carbocycles. The number of aryl methyl sites for hydroxylation is 1. The Kier molecular flexibility index (Phi) is 6.07. The number of nitrogens with zero attached hydrogens (tertiary/aromatic N) is 2. The zero-order chi connectivity index (χ0) is 23.0. The summed E-state index contributed by atoms with van der Waals surface area (Å²) in [5, 5.41) is 0. The van der Waals surface area contributed by atoms with Gasteiger partial charge in [-0.3, -0.25) is 4.90 Å². The minimum Gasteiger partial charge on any atom is -0.444 e. The Labute approximate surface area is 191 Å². The molecule has 6 nitrogen and oxygen atoms in total. The zero-order valence-corrected chi connectivity index (χ0v) is 19.9. The molecular weight excluding hydrogens is 424 g/mol. The Morgan fingerprint density at radius 1 is 0.938 bits per heavy atom. The molecule has 2 aliphatic rings. The lowest BCUT2D eigenvalue weighted by Crippen LogP contribution is -2.60. The summed E-state index contributed by atoms with van der Waals surface area (Å²) in [5.41, 5.74) is 1.41. The normalized spacial score (nSPS) is 22.3. The maximum atomic E-state index is 14.2. The maximum absolute atomic E-state index is 14.2. The number of sulfone groups is 1. The lowest BCUT2D eigenvalue weighted by Gasteiger charge is -2.49. The minimum atomic E-state index is -3.71. The van der Waals surface area contributed by atoms with Gasteiger partial charge in [0, 0.05) is 26.2 Å². The van der Waals surface area contributed by atoms with Gasteiger partial charge < -0.3 is 9.64 Å². The van der Waals surface area contributed by atoms with Crippen LogP contribution in [0.2, 0.25) is 0 Å². The predicted molar refractivity (Wildman–Crippen MR) is 124 cm³/mol. The average molecular weight is 457 g/mol. The molecule has 0 N–H and O–H groups in total. The van der Waals surface area contributed by atoms with Crippen LogP contribution in [0.1, 0.15) is 44.7 Å². The number of carbonyl (C=O) groups excluding carboxylic acids is 1. The molecule has 1 atom stereocenters. The molecule has 32 heavy (non-hydrogen) atoms. The lowest BCUT2D eigenvalue weighted by molar-refractivity contribution is 0.00519. The fourth-order valence-electron chi connectivity index (χ4n) is 4.92. The monoisotopic (exact) mass is 456 g/mol. The lowest BCUT2D eigenvalue weighted by atomic mass is 9.85. The Morgan fingerprint density at radius 2 is 1.56 bits per heavy atom. The topological polar surface area (TPSA) is 66.9 Å². The molecule has 1 aliphatic heterocycles. The van der Waals surface area contributed by atoms with Crippen LogP contribution in [0.3, 0.4) is 0 Å². The Hall–Kier alpha value is -2.38. The van der Waals surface area contributed by atoms with Crippen molar-refractivity contribution in [1.82, 2.24) is 9.80 Å². The summed E-state index contributed by atoms with van der Waals surface area (Å²) in [4.78, 5) is 15.5. The van der Waals surface area contributed by atoms with E-state index in [0.29, 0.717) is 37.5 Å². The van der Waals surface area contributed by atoms with Crippen molar-refractivity contribution in [3.63, 3.8) is 0 Å². The van der Waals surface area contributed by atoms with E-state index >= 15 is 0 Å². The minimum absolute atomic E-state index is 0.339. The van der Waals surface area contributed by atoms with Gasteiger partial charge >= 0.3 is 6.09 Å². The van der Waals surface area contributed by atoms with E-state index in [1.165, 1.54) is 0 Å². The highest BCUT2D eigenvalue weighted by Crippen LogP contribution is 2.47. The van der Waals surface area contributed by atoms with Crippen LogP contribution in [0, 0.1) is 0 Å². The molecule has 0 bridgehead atoms. The van der Waals surface area contributed by atoms with E-state index in [1.54, 1.807) is 29.2 Å². The molecule has 2 aromatic rings. The number of amides is 1. The second kappa shape index (κ2) is 8.52. The molecule has 1 heterocycles. The van der Waals surface area contributed by atoms with Gasteiger partial charge in [0.2, 0.25) is 9.84 Å². The van der Waals surface area contributed by atoms with Crippen LogP contribution in [-0.2, 0) is 25.9 Å². The molecule has 7 heteroatoms. The zero-order valence-electron chi connectivity index (χ0n) is 19.1. The summed E-state index contributed by atoms with van der Waals surface area (Å²) >= 11 is 0. The third-order valence-corrected chi connectivity index (χ3v) is 8.80. The number of ether oxygens (including phenoxy) is 1. The van der Waals surface area contributed by atoms with Gasteiger partial charge in [-0.2, -0.15) is 0 Å². The first-order chi connectivity index (χ1) is 15.1. The number of hydrogen-bond acceptors (Lipinski definition) is 5. The van der Waals surface area contributed by atoms with Gasteiger partial charge in [0.15, 0.2) is 4.87 Å². The molecular formula is C25H32N2O4S. The number of hydrogen-bond donors (Lipinski definition) is 0. The van der Waals surface area contributed by atoms with E-state index in [9.17, 15) is 13.2 Å². The molecule has 2 aromatic carbocycles. The second-order valence-electron chi connectivity index (χ2n) is 9.57. The van der Waals surface area contributed by atoms with Crippen LogP contribution in [0.25, 0.3) is 0 Å². The van der Waals surface area contributed by atoms with E-state index in [0.717, 1.165) is 24.0 Å². The summed E-state index contributed by atoms with van der Waals surface area (Å²) in [7, 11) is -3.71. The molecule has 1 unspecified atom stereocenters. The predicted octanol–water partition coefficient (Wildman–Crippen LogP) is 4.20. The van der Waals surface area contributed by atoms with Crippen molar-refractivity contribution in [2.75, 3.05) is 26.2 Å². The van der Waals surface area contributed by atoms with Gasteiger partial charge in [-0.05, 0) is 63.3 Å². The summed E-state index contributed by atoms with van der Waals surface area (Å²) < 4.78 is 34.0. The molecule has 0 spiro atoms. The summed E-state index contributed by atoms with van der Waals surface area (Å²) in [6.45, 7) is 7.36. The second-order valence-corrected chi connectivity index (χ2v) is 11.7. The van der Waals surface area contributed by atoms with Gasteiger partial charge in [0.25, 0.3) is 0 Å². The molecule has 1 saturated heterocycles. The molecule has 4 rings (SSSR count). The number of rotatable bonds is 3. The summed E-state index contributed by atoms with van der Waals surface area (Å²) in [6.07, 6.45) is 1.87. The van der Waals surface area contributed by atoms with E-state index in [4.69, 9.17) is 4.74 Å². The van der Waals surface area contributed by atoms with Crippen LogP contribution in [0.15, 0.2) is 59.5 Å². The highest BCUT2D eigenvalue weighted by molar-refractivity contribution is 7.92. The SMILES string of the molecule is CC(C)(C)OC(=O)N1CCN(C2(S(=O)(=O)c3ccccc3)CCCc3ccccc32)CC1. The standard InChI is InChI=1S/C25H32N2O4S/c1-24(2,3)31-23(28)26-16-18-27(19-17-26)25(32(29,30)21-12-5-4-6-13-21)15-9-11-20-10-7-8-14-22(20)25/h4-8,10,12-14H,9,11,15-19H2,1-3H3. The van der Waals surface area contributed by atoms with E-state index in [1.807, 2.05) is 51.1 Å². The first kappa shape index (κ1) is 22.8. The van der Waals surface area contributed by atoms with Crippen LogP contribution >= 0.6 is 0 Å². The van der Waals surface area contributed by atoms with Crippen LogP contribution in [0.4, 0.5) is 4.79 Å². The number of carbonyl (C=O) groups is 1. The van der Waals surface area contributed by atoms with Gasteiger partial charge in [0.05, 0.1) is 4.90 Å². The third kappa shape index (κ3) is 4.04. The van der Waals surface area contributed by atoms with Crippen molar-refractivity contribution in [3.8, 4) is 0 Å². The van der Waals surface area contributed by atoms with Gasteiger partial charge in [0.1, 0.15) is 5.60 Å². The number of benzene rings is 2. The van der Waals surface area contributed by atoms with Crippen molar-refractivity contribution >= 4 is 15.9 Å². The molecule has 1 fully saturated rings. The van der Waals surface area contributed by atoms with E-state index in [-0.39, 0.29) is 6.09 Å². The fourth-order valence-corrected chi connectivity index (χ4v) is 7.25. The van der Waals surface area contributed by atoms with Crippen molar-refractivity contribution in [2.45, 2.75) is 55.4 Å². The fraction of sp³-hybridized carbons (Fsp3) is 0.480. The molecule has 1 amide bonds.